The zero-order chi connectivity index (χ0) is 14.4. The van der Waals surface area contributed by atoms with E-state index >= 15 is 0 Å². The summed E-state index contributed by atoms with van der Waals surface area (Å²) in [4.78, 5) is 27.6. The Morgan fingerprint density at radius 1 is 1.58 bits per heavy atom. The Labute approximate surface area is 110 Å². The second kappa shape index (κ2) is 6.64. The molecule has 0 spiro atoms. The summed E-state index contributed by atoms with van der Waals surface area (Å²) in [6.45, 7) is 4.90. The molecular formula is C11H17N5O3. The highest BCUT2D eigenvalue weighted by Gasteiger charge is 2.21. The Bertz CT molecular complexity index is 477. The summed E-state index contributed by atoms with van der Waals surface area (Å²) >= 11 is 0. The van der Waals surface area contributed by atoms with Gasteiger partial charge in [0, 0.05) is 13.1 Å². The number of pyridine rings is 1. The second-order valence-corrected chi connectivity index (χ2v) is 3.87. The second-order valence-electron chi connectivity index (χ2n) is 3.87. The van der Waals surface area contributed by atoms with E-state index in [2.05, 4.69) is 10.4 Å². The van der Waals surface area contributed by atoms with Crippen LogP contribution in [0.2, 0.25) is 0 Å². The van der Waals surface area contributed by atoms with Crippen molar-refractivity contribution in [2.75, 3.05) is 18.5 Å². The van der Waals surface area contributed by atoms with Crippen molar-refractivity contribution in [1.82, 2.24) is 9.88 Å². The van der Waals surface area contributed by atoms with Crippen LogP contribution in [0, 0.1) is 10.1 Å². The van der Waals surface area contributed by atoms with Crippen LogP contribution in [-0.2, 0) is 0 Å². The zero-order valence-corrected chi connectivity index (χ0v) is 10.9. The Balaban J connectivity index is 3.18. The number of nitro groups is 1. The third-order valence-electron chi connectivity index (χ3n) is 2.62. The smallest absolute Gasteiger partial charge is 0.358 e. The number of rotatable bonds is 6. The van der Waals surface area contributed by atoms with Crippen molar-refractivity contribution in [3.05, 3.63) is 27.9 Å². The number of anilines is 1. The van der Waals surface area contributed by atoms with Gasteiger partial charge in [-0.25, -0.2) is 0 Å². The van der Waals surface area contributed by atoms with E-state index < -0.39 is 4.92 Å². The van der Waals surface area contributed by atoms with Crippen molar-refractivity contribution in [3.8, 4) is 0 Å². The molecule has 19 heavy (non-hydrogen) atoms. The van der Waals surface area contributed by atoms with Gasteiger partial charge in [-0.2, -0.15) is 0 Å². The first-order chi connectivity index (χ1) is 9.04. The van der Waals surface area contributed by atoms with Crippen LogP contribution in [0.25, 0.3) is 0 Å². The quantitative estimate of drug-likeness (QED) is 0.454. The van der Waals surface area contributed by atoms with Gasteiger partial charge in [-0.3, -0.25) is 10.6 Å². The summed E-state index contributed by atoms with van der Waals surface area (Å²) in [5.41, 5.74) is 2.75. The lowest BCUT2D eigenvalue weighted by Crippen LogP contribution is -2.32. The van der Waals surface area contributed by atoms with Gasteiger partial charge in [0.2, 0.25) is 0 Å². The molecule has 0 saturated carbocycles. The standard InChI is InChI=1S/C11H17N5O3/c1-3-5-15(4-2)11(17)8-6-10(16(18)19)13-7-9(8)14-12/h6-7,14H,3-5,12H2,1-2H3. The highest BCUT2D eigenvalue weighted by atomic mass is 16.6. The summed E-state index contributed by atoms with van der Waals surface area (Å²) in [7, 11) is 0. The molecule has 1 heterocycles. The number of carbonyl (C=O) groups excluding carboxylic acids is 1. The van der Waals surface area contributed by atoms with Gasteiger partial charge in [0.05, 0.1) is 11.6 Å². The number of nitrogen functional groups attached to an aromatic ring is 1. The number of hydrogen-bond donors (Lipinski definition) is 2. The van der Waals surface area contributed by atoms with Crippen LogP contribution >= 0.6 is 0 Å². The van der Waals surface area contributed by atoms with E-state index in [0.29, 0.717) is 13.1 Å². The van der Waals surface area contributed by atoms with Crippen LogP contribution in [0.3, 0.4) is 0 Å². The number of hydrazine groups is 1. The topological polar surface area (TPSA) is 114 Å². The third-order valence-corrected chi connectivity index (χ3v) is 2.62. The van der Waals surface area contributed by atoms with E-state index in [1.165, 1.54) is 6.20 Å². The number of nitrogens with zero attached hydrogens (tertiary/aromatic N) is 3. The van der Waals surface area contributed by atoms with E-state index in [9.17, 15) is 14.9 Å². The molecule has 0 aromatic carbocycles. The van der Waals surface area contributed by atoms with Crippen LogP contribution < -0.4 is 11.3 Å². The van der Waals surface area contributed by atoms with Crippen molar-refractivity contribution >= 4 is 17.4 Å². The molecule has 0 saturated heterocycles. The molecule has 3 N–H and O–H groups in total. The Morgan fingerprint density at radius 3 is 2.74 bits per heavy atom. The van der Waals surface area contributed by atoms with Crippen LogP contribution in [0.15, 0.2) is 12.3 Å². The van der Waals surface area contributed by atoms with E-state index in [1.54, 1.807) is 4.90 Å². The minimum atomic E-state index is -0.646. The Kier molecular flexibility index (Phi) is 5.19. The molecule has 0 aliphatic carbocycles. The summed E-state index contributed by atoms with van der Waals surface area (Å²) in [5.74, 6) is 4.62. The molecule has 0 aliphatic heterocycles. The van der Waals surface area contributed by atoms with Crippen LogP contribution in [0.4, 0.5) is 11.5 Å². The highest BCUT2D eigenvalue weighted by Crippen LogP contribution is 2.20. The van der Waals surface area contributed by atoms with Gasteiger partial charge in [-0.05, 0) is 23.3 Å². The van der Waals surface area contributed by atoms with Crippen molar-refractivity contribution in [1.29, 1.82) is 0 Å². The molecule has 8 nitrogen and oxygen atoms in total. The molecule has 1 rings (SSSR count). The van der Waals surface area contributed by atoms with Crippen molar-refractivity contribution in [2.45, 2.75) is 20.3 Å². The average molecular weight is 267 g/mol. The molecule has 1 amide bonds. The van der Waals surface area contributed by atoms with Crippen molar-refractivity contribution in [3.63, 3.8) is 0 Å². The fraction of sp³-hybridized carbons (Fsp3) is 0.455. The summed E-state index contributed by atoms with van der Waals surface area (Å²) in [6, 6.07) is 1.13. The fourth-order valence-electron chi connectivity index (χ4n) is 1.68. The van der Waals surface area contributed by atoms with Crippen LogP contribution in [-0.4, -0.2) is 33.8 Å². The summed E-state index contributed by atoms with van der Waals surface area (Å²) in [5, 5.41) is 10.7. The summed E-state index contributed by atoms with van der Waals surface area (Å²) < 4.78 is 0. The first kappa shape index (κ1) is 14.8. The minimum Gasteiger partial charge on any atom is -0.358 e. The lowest BCUT2D eigenvalue weighted by molar-refractivity contribution is -0.389. The van der Waals surface area contributed by atoms with Gasteiger partial charge in [0.25, 0.3) is 5.91 Å². The monoisotopic (exact) mass is 267 g/mol. The largest absolute Gasteiger partial charge is 0.364 e. The number of carbonyl (C=O) groups is 1. The SMILES string of the molecule is CCCN(CC)C(=O)c1cc([N+](=O)[O-])ncc1NN. The highest BCUT2D eigenvalue weighted by molar-refractivity contribution is 5.99. The lowest BCUT2D eigenvalue weighted by atomic mass is 10.2. The first-order valence-electron chi connectivity index (χ1n) is 5.95. The molecule has 0 radical (unpaired) electrons. The molecule has 0 atom stereocenters. The van der Waals surface area contributed by atoms with Gasteiger partial charge >= 0.3 is 5.82 Å². The van der Waals surface area contributed by atoms with E-state index in [4.69, 9.17) is 5.84 Å². The molecule has 0 aliphatic rings. The van der Waals surface area contributed by atoms with Gasteiger partial charge < -0.3 is 20.4 Å². The number of nitrogens with two attached hydrogens (primary N) is 1. The fourth-order valence-corrected chi connectivity index (χ4v) is 1.68. The van der Waals surface area contributed by atoms with Gasteiger partial charge in [0.1, 0.15) is 5.69 Å². The van der Waals surface area contributed by atoms with Crippen LogP contribution in [0.5, 0.6) is 0 Å². The molecule has 1 aromatic heterocycles. The maximum Gasteiger partial charge on any atom is 0.364 e. The zero-order valence-electron chi connectivity index (χ0n) is 10.9. The summed E-state index contributed by atoms with van der Waals surface area (Å²) in [6.07, 6.45) is 1.99. The Hall–Kier alpha value is -2.22. The maximum atomic E-state index is 12.3. The minimum absolute atomic E-state index is 0.152. The predicted molar refractivity (Wildman–Crippen MR) is 70.6 cm³/mol. The Morgan fingerprint density at radius 2 is 2.26 bits per heavy atom. The molecule has 8 heteroatoms. The predicted octanol–water partition coefficient (Wildman–Crippen LogP) is 1.15. The van der Waals surface area contributed by atoms with Gasteiger partial charge in [-0.15, -0.1) is 0 Å². The van der Waals surface area contributed by atoms with Crippen molar-refractivity contribution in [2.24, 2.45) is 5.84 Å². The molecule has 0 fully saturated rings. The number of hydrogen-bond acceptors (Lipinski definition) is 6. The van der Waals surface area contributed by atoms with E-state index in [0.717, 1.165) is 12.5 Å². The molecular weight excluding hydrogens is 250 g/mol. The van der Waals surface area contributed by atoms with E-state index in [1.807, 2.05) is 13.8 Å². The number of nitrogens with one attached hydrogen (secondary N) is 1. The molecule has 0 unspecified atom stereocenters. The number of amides is 1. The number of aromatic nitrogens is 1. The van der Waals surface area contributed by atoms with Gasteiger partial charge in [-0.1, -0.05) is 6.92 Å². The molecule has 0 bridgehead atoms. The van der Waals surface area contributed by atoms with E-state index in [-0.39, 0.29) is 23.0 Å². The lowest BCUT2D eigenvalue weighted by Gasteiger charge is -2.20. The molecule has 104 valence electrons. The molecule has 1 aromatic rings. The van der Waals surface area contributed by atoms with Crippen LogP contribution in [0.1, 0.15) is 30.6 Å². The first-order valence-corrected chi connectivity index (χ1v) is 5.95. The van der Waals surface area contributed by atoms with Crippen molar-refractivity contribution < 1.29 is 9.72 Å². The normalized spacial score (nSPS) is 10.1. The van der Waals surface area contributed by atoms with Gasteiger partial charge in [0.15, 0.2) is 6.20 Å². The maximum absolute atomic E-state index is 12.3. The average Bonchev–Trinajstić information content (AvgIpc) is 2.43. The third kappa shape index (κ3) is 3.38.